The molecule has 1 aliphatic rings. The van der Waals surface area contributed by atoms with E-state index in [0.717, 1.165) is 33.2 Å². The Morgan fingerprint density at radius 1 is 1.43 bits per heavy atom. The van der Waals surface area contributed by atoms with E-state index in [-0.39, 0.29) is 5.97 Å². The van der Waals surface area contributed by atoms with E-state index in [1.54, 1.807) is 0 Å². The number of fused-ring (bicyclic) bond motifs is 2. The molecule has 118 valence electrons. The standard InChI is InChI=1S/C17H16BrN3O2/c1-3-23-16(22)17(18)9-8-12-13-14(21(2)20-12)10-6-4-5-7-11(10)19-15(13)17/h4-7H,3,8-9H2,1-2H3. The summed E-state index contributed by atoms with van der Waals surface area (Å²) in [6, 6.07) is 7.95. The van der Waals surface area contributed by atoms with Crippen molar-refractivity contribution in [2.24, 2.45) is 7.05 Å². The summed E-state index contributed by atoms with van der Waals surface area (Å²) in [4.78, 5) is 17.4. The first kappa shape index (κ1) is 14.6. The van der Waals surface area contributed by atoms with Crippen LogP contribution in [0.15, 0.2) is 24.3 Å². The van der Waals surface area contributed by atoms with Crippen molar-refractivity contribution < 1.29 is 9.53 Å². The van der Waals surface area contributed by atoms with E-state index in [2.05, 4.69) is 21.0 Å². The third kappa shape index (κ3) is 1.94. The summed E-state index contributed by atoms with van der Waals surface area (Å²) in [6.07, 6.45) is 1.31. The molecule has 2 aromatic heterocycles. The summed E-state index contributed by atoms with van der Waals surface area (Å²) in [7, 11) is 1.94. The van der Waals surface area contributed by atoms with Crippen molar-refractivity contribution in [3.8, 4) is 0 Å². The molecule has 5 nitrogen and oxygen atoms in total. The van der Waals surface area contributed by atoms with Gasteiger partial charge in [0.15, 0.2) is 4.32 Å². The van der Waals surface area contributed by atoms with Crippen molar-refractivity contribution in [3.05, 3.63) is 35.7 Å². The third-order valence-electron chi connectivity index (χ3n) is 4.43. The van der Waals surface area contributed by atoms with Gasteiger partial charge in [-0.25, -0.2) is 4.98 Å². The molecule has 1 atom stereocenters. The molecule has 1 aliphatic carbocycles. The van der Waals surface area contributed by atoms with Gasteiger partial charge in [0.2, 0.25) is 0 Å². The highest BCUT2D eigenvalue weighted by Crippen LogP contribution is 2.46. The maximum absolute atomic E-state index is 12.6. The molecule has 0 amide bonds. The summed E-state index contributed by atoms with van der Waals surface area (Å²) < 4.78 is 6.29. The van der Waals surface area contributed by atoms with Crippen LogP contribution in [0.3, 0.4) is 0 Å². The molecule has 23 heavy (non-hydrogen) atoms. The summed E-state index contributed by atoms with van der Waals surface area (Å²) in [5.74, 6) is -0.279. The molecule has 0 saturated carbocycles. The van der Waals surface area contributed by atoms with Crippen LogP contribution in [0.5, 0.6) is 0 Å². The average Bonchev–Trinajstić information content (AvgIpc) is 2.89. The van der Waals surface area contributed by atoms with E-state index in [0.29, 0.717) is 19.4 Å². The maximum Gasteiger partial charge on any atom is 0.329 e. The van der Waals surface area contributed by atoms with Crippen molar-refractivity contribution in [3.63, 3.8) is 0 Å². The van der Waals surface area contributed by atoms with Gasteiger partial charge in [-0.2, -0.15) is 5.10 Å². The van der Waals surface area contributed by atoms with E-state index in [4.69, 9.17) is 9.72 Å². The summed E-state index contributed by atoms with van der Waals surface area (Å²) in [5.41, 5.74) is 3.60. The van der Waals surface area contributed by atoms with Crippen molar-refractivity contribution in [1.29, 1.82) is 0 Å². The van der Waals surface area contributed by atoms with E-state index in [9.17, 15) is 4.79 Å². The number of aryl methyl sites for hydroxylation is 2. The van der Waals surface area contributed by atoms with Gasteiger partial charge in [-0.15, -0.1) is 0 Å². The van der Waals surface area contributed by atoms with Crippen molar-refractivity contribution in [1.82, 2.24) is 14.8 Å². The Kier molecular flexibility index (Phi) is 3.20. The number of alkyl halides is 1. The number of pyridine rings is 1. The SMILES string of the molecule is CCOC(=O)C1(Br)CCc2nn(C)c3c2c1nc1ccccc13. The van der Waals surface area contributed by atoms with Crippen molar-refractivity contribution in [2.45, 2.75) is 24.1 Å². The molecule has 1 aromatic carbocycles. The van der Waals surface area contributed by atoms with Crippen LogP contribution in [-0.4, -0.2) is 27.3 Å². The Hall–Kier alpha value is -1.95. The van der Waals surface area contributed by atoms with Crippen molar-refractivity contribution >= 4 is 43.7 Å². The smallest absolute Gasteiger partial charge is 0.329 e. The van der Waals surface area contributed by atoms with Gasteiger partial charge in [0.25, 0.3) is 0 Å². The Labute approximate surface area is 141 Å². The van der Waals surface area contributed by atoms with Crippen LogP contribution in [0.1, 0.15) is 24.7 Å². The van der Waals surface area contributed by atoms with Crippen LogP contribution in [0.25, 0.3) is 21.8 Å². The number of para-hydroxylation sites is 1. The molecular weight excluding hydrogens is 358 g/mol. The number of nitrogens with zero attached hydrogens (tertiary/aromatic N) is 3. The molecule has 0 bridgehead atoms. The molecule has 3 aromatic rings. The minimum absolute atomic E-state index is 0.279. The fraction of sp³-hybridized carbons (Fsp3) is 0.353. The largest absolute Gasteiger partial charge is 0.465 e. The van der Waals surface area contributed by atoms with Crippen LogP contribution in [0.4, 0.5) is 0 Å². The quantitative estimate of drug-likeness (QED) is 0.511. The second kappa shape index (κ2) is 5.03. The summed E-state index contributed by atoms with van der Waals surface area (Å²) in [6.45, 7) is 2.17. The van der Waals surface area contributed by atoms with Crippen LogP contribution in [0, 0.1) is 0 Å². The molecule has 4 rings (SSSR count). The molecule has 0 spiro atoms. The number of carbonyl (C=O) groups excluding carboxylic acids is 1. The Morgan fingerprint density at radius 2 is 2.22 bits per heavy atom. The van der Waals surface area contributed by atoms with Gasteiger partial charge >= 0.3 is 5.97 Å². The van der Waals surface area contributed by atoms with E-state index >= 15 is 0 Å². The molecule has 0 radical (unpaired) electrons. The first-order chi connectivity index (χ1) is 11.1. The monoisotopic (exact) mass is 373 g/mol. The van der Waals surface area contributed by atoms with Crippen LogP contribution in [0.2, 0.25) is 0 Å². The molecule has 0 N–H and O–H groups in total. The van der Waals surface area contributed by atoms with Gasteiger partial charge in [0, 0.05) is 17.8 Å². The number of hydrogen-bond acceptors (Lipinski definition) is 4. The van der Waals surface area contributed by atoms with Crippen molar-refractivity contribution in [2.75, 3.05) is 6.61 Å². The summed E-state index contributed by atoms with van der Waals surface area (Å²) >= 11 is 3.65. The molecule has 0 aliphatic heterocycles. The van der Waals surface area contributed by atoms with E-state index in [1.807, 2.05) is 42.9 Å². The van der Waals surface area contributed by atoms with Crippen LogP contribution < -0.4 is 0 Å². The van der Waals surface area contributed by atoms with Gasteiger partial charge in [-0.1, -0.05) is 34.1 Å². The molecule has 0 fully saturated rings. The zero-order valence-corrected chi connectivity index (χ0v) is 14.6. The highest BCUT2D eigenvalue weighted by Gasteiger charge is 2.45. The topological polar surface area (TPSA) is 57.0 Å². The Morgan fingerprint density at radius 3 is 3.00 bits per heavy atom. The van der Waals surface area contributed by atoms with Crippen LogP contribution >= 0.6 is 15.9 Å². The number of ether oxygens (including phenoxy) is 1. The maximum atomic E-state index is 12.6. The zero-order valence-electron chi connectivity index (χ0n) is 13.0. The predicted molar refractivity (Wildman–Crippen MR) is 91.6 cm³/mol. The minimum Gasteiger partial charge on any atom is -0.465 e. The molecule has 0 saturated heterocycles. The lowest BCUT2D eigenvalue weighted by atomic mass is 9.88. The Bertz CT molecular complexity index is 950. The number of carbonyl (C=O) groups is 1. The third-order valence-corrected chi connectivity index (χ3v) is 5.52. The number of esters is 1. The molecular formula is C17H16BrN3O2. The lowest BCUT2D eigenvalue weighted by Gasteiger charge is -2.28. The molecule has 2 heterocycles. The molecule has 6 heteroatoms. The average molecular weight is 374 g/mol. The number of aromatic nitrogens is 3. The number of rotatable bonds is 2. The number of hydrogen-bond donors (Lipinski definition) is 0. The first-order valence-corrected chi connectivity index (χ1v) is 8.46. The number of halogens is 1. The highest BCUT2D eigenvalue weighted by atomic mass is 79.9. The fourth-order valence-corrected chi connectivity index (χ4v) is 4.00. The lowest BCUT2D eigenvalue weighted by molar-refractivity contribution is -0.146. The van der Waals surface area contributed by atoms with Gasteiger partial charge in [-0.05, 0) is 25.8 Å². The number of benzene rings is 1. The zero-order chi connectivity index (χ0) is 16.2. The van der Waals surface area contributed by atoms with Gasteiger partial charge in [0.1, 0.15) is 0 Å². The highest BCUT2D eigenvalue weighted by molar-refractivity contribution is 9.10. The lowest BCUT2D eigenvalue weighted by Crippen LogP contribution is -2.35. The second-order valence-electron chi connectivity index (χ2n) is 5.79. The normalized spacial score (nSPS) is 20.1. The van der Waals surface area contributed by atoms with Gasteiger partial charge < -0.3 is 4.74 Å². The molecule has 1 unspecified atom stereocenters. The predicted octanol–water partition coefficient (Wildman–Crippen LogP) is 3.22. The fourth-order valence-electron chi connectivity index (χ4n) is 3.40. The first-order valence-electron chi connectivity index (χ1n) is 7.67. The van der Waals surface area contributed by atoms with E-state index in [1.165, 1.54) is 0 Å². The Balaban J connectivity index is 2.11. The van der Waals surface area contributed by atoms with Gasteiger partial charge in [-0.3, -0.25) is 9.48 Å². The van der Waals surface area contributed by atoms with Gasteiger partial charge in [0.05, 0.1) is 29.0 Å². The van der Waals surface area contributed by atoms with Crippen LogP contribution in [-0.2, 0) is 27.3 Å². The summed E-state index contributed by atoms with van der Waals surface area (Å²) in [5, 5.41) is 6.67. The second-order valence-corrected chi connectivity index (χ2v) is 7.15. The minimum atomic E-state index is -0.901. The van der Waals surface area contributed by atoms with E-state index < -0.39 is 4.32 Å².